The molecule has 2 N–H and O–H groups in total. The van der Waals surface area contributed by atoms with Gasteiger partial charge in [-0.05, 0) is 32.3 Å². The molecule has 0 aliphatic heterocycles. The number of rotatable bonds is 5. The molecule has 2 heterocycles. The molecule has 2 rings (SSSR count). The van der Waals surface area contributed by atoms with Crippen molar-refractivity contribution in [3.05, 3.63) is 26.6 Å². The highest BCUT2D eigenvalue weighted by Crippen LogP contribution is 2.25. The summed E-state index contributed by atoms with van der Waals surface area (Å²) in [6.07, 6.45) is 2.17. The Hall–Kier alpha value is -1.20. The van der Waals surface area contributed by atoms with Gasteiger partial charge in [0.25, 0.3) is 5.56 Å². The van der Waals surface area contributed by atoms with Crippen LogP contribution in [0.5, 0.6) is 0 Å². The molecular formula is C14H21N3OS. The first-order chi connectivity index (χ1) is 9.06. The number of aromatic nitrogens is 2. The van der Waals surface area contributed by atoms with E-state index in [1.165, 1.54) is 0 Å². The summed E-state index contributed by atoms with van der Waals surface area (Å²) in [5.74, 6) is 0.727. The van der Waals surface area contributed by atoms with Gasteiger partial charge in [0.2, 0.25) is 0 Å². The molecular weight excluding hydrogens is 258 g/mol. The zero-order chi connectivity index (χ0) is 14.0. The summed E-state index contributed by atoms with van der Waals surface area (Å²) >= 11 is 1.59. The third-order valence-corrected chi connectivity index (χ3v) is 4.73. The molecule has 0 saturated heterocycles. The zero-order valence-electron chi connectivity index (χ0n) is 12.0. The molecule has 0 saturated carbocycles. The SMILES string of the molecule is CCC(CC)NCc1nc2sc(C)c(C)c2c(=O)[nH]1. The Kier molecular flexibility index (Phi) is 4.37. The summed E-state index contributed by atoms with van der Waals surface area (Å²) in [7, 11) is 0. The lowest BCUT2D eigenvalue weighted by atomic mass is 10.2. The van der Waals surface area contributed by atoms with Crippen molar-refractivity contribution in [3.63, 3.8) is 0 Å². The maximum absolute atomic E-state index is 12.1. The van der Waals surface area contributed by atoms with Crippen molar-refractivity contribution in [2.24, 2.45) is 0 Å². The van der Waals surface area contributed by atoms with Gasteiger partial charge in [0, 0.05) is 10.9 Å². The second-order valence-electron chi connectivity index (χ2n) is 4.87. The van der Waals surface area contributed by atoms with E-state index in [2.05, 4.69) is 29.1 Å². The van der Waals surface area contributed by atoms with Crippen LogP contribution in [0.1, 0.15) is 43.0 Å². The summed E-state index contributed by atoms with van der Waals surface area (Å²) in [6, 6.07) is 0.479. The van der Waals surface area contributed by atoms with Crippen molar-refractivity contribution < 1.29 is 0 Å². The largest absolute Gasteiger partial charge is 0.309 e. The fraction of sp³-hybridized carbons (Fsp3) is 0.571. The van der Waals surface area contributed by atoms with E-state index in [4.69, 9.17) is 0 Å². The lowest BCUT2D eigenvalue weighted by Gasteiger charge is -2.13. The Labute approximate surface area is 117 Å². The Morgan fingerprint density at radius 2 is 2.00 bits per heavy atom. The van der Waals surface area contributed by atoms with Crippen LogP contribution in [-0.4, -0.2) is 16.0 Å². The number of fused-ring (bicyclic) bond motifs is 1. The van der Waals surface area contributed by atoms with E-state index >= 15 is 0 Å². The monoisotopic (exact) mass is 279 g/mol. The molecule has 4 nitrogen and oxygen atoms in total. The number of thiophene rings is 1. The minimum atomic E-state index is -0.0202. The predicted molar refractivity (Wildman–Crippen MR) is 80.9 cm³/mol. The molecule has 0 unspecified atom stereocenters. The summed E-state index contributed by atoms with van der Waals surface area (Å²) < 4.78 is 0. The van der Waals surface area contributed by atoms with E-state index in [1.807, 2.05) is 13.8 Å². The van der Waals surface area contributed by atoms with Crippen LogP contribution >= 0.6 is 11.3 Å². The number of hydrogen-bond acceptors (Lipinski definition) is 4. The molecule has 0 aromatic carbocycles. The van der Waals surface area contributed by atoms with Gasteiger partial charge in [0.15, 0.2) is 0 Å². The standard InChI is InChI=1S/C14H21N3OS/c1-5-10(6-2)15-7-11-16-13(18)12-8(3)9(4)19-14(12)17-11/h10,15H,5-7H2,1-4H3,(H,16,17,18). The van der Waals surface area contributed by atoms with Crippen LogP contribution in [-0.2, 0) is 6.54 Å². The fourth-order valence-electron chi connectivity index (χ4n) is 2.20. The van der Waals surface area contributed by atoms with Gasteiger partial charge in [-0.3, -0.25) is 4.79 Å². The molecule has 2 aromatic rings. The maximum atomic E-state index is 12.1. The van der Waals surface area contributed by atoms with E-state index < -0.39 is 0 Å². The normalized spacial score (nSPS) is 11.6. The van der Waals surface area contributed by atoms with E-state index in [0.29, 0.717) is 12.6 Å². The second-order valence-corrected chi connectivity index (χ2v) is 6.07. The first-order valence-corrected chi connectivity index (χ1v) is 7.60. The Balaban J connectivity index is 2.29. The van der Waals surface area contributed by atoms with Crippen LogP contribution in [0.25, 0.3) is 10.2 Å². The minimum Gasteiger partial charge on any atom is -0.309 e. The third kappa shape index (κ3) is 2.87. The number of H-pyrrole nitrogens is 1. The van der Waals surface area contributed by atoms with Gasteiger partial charge in [-0.15, -0.1) is 11.3 Å². The molecule has 5 heteroatoms. The first-order valence-electron chi connectivity index (χ1n) is 6.79. The molecule has 0 atom stereocenters. The Morgan fingerprint density at radius 3 is 2.63 bits per heavy atom. The highest BCUT2D eigenvalue weighted by atomic mass is 32.1. The van der Waals surface area contributed by atoms with Crippen LogP contribution in [0.15, 0.2) is 4.79 Å². The van der Waals surface area contributed by atoms with Crippen LogP contribution in [0.4, 0.5) is 0 Å². The molecule has 0 aliphatic rings. The highest BCUT2D eigenvalue weighted by molar-refractivity contribution is 7.18. The van der Waals surface area contributed by atoms with Gasteiger partial charge in [0.05, 0.1) is 11.9 Å². The summed E-state index contributed by atoms with van der Waals surface area (Å²) in [5.41, 5.74) is 1.03. The van der Waals surface area contributed by atoms with Gasteiger partial charge in [0.1, 0.15) is 10.7 Å². The first kappa shape index (κ1) is 14.2. The van der Waals surface area contributed by atoms with Gasteiger partial charge in [-0.25, -0.2) is 4.98 Å². The number of nitrogens with zero attached hydrogens (tertiary/aromatic N) is 1. The van der Waals surface area contributed by atoms with Gasteiger partial charge in [-0.2, -0.15) is 0 Å². The molecule has 0 bridgehead atoms. The average molecular weight is 279 g/mol. The number of nitrogens with one attached hydrogen (secondary N) is 2. The van der Waals surface area contributed by atoms with Crippen LogP contribution in [0.3, 0.4) is 0 Å². The predicted octanol–water partition coefficient (Wildman–Crippen LogP) is 2.88. The molecule has 0 amide bonds. The maximum Gasteiger partial charge on any atom is 0.259 e. The second kappa shape index (κ2) is 5.84. The molecule has 2 aromatic heterocycles. The van der Waals surface area contributed by atoms with E-state index in [-0.39, 0.29) is 5.56 Å². The zero-order valence-corrected chi connectivity index (χ0v) is 12.8. The summed E-state index contributed by atoms with van der Waals surface area (Å²) in [5, 5.41) is 4.16. The smallest absolute Gasteiger partial charge is 0.259 e. The Morgan fingerprint density at radius 1 is 1.32 bits per heavy atom. The summed E-state index contributed by atoms with van der Waals surface area (Å²) in [6.45, 7) is 8.95. The van der Waals surface area contributed by atoms with Crippen LogP contribution in [0, 0.1) is 13.8 Å². The minimum absolute atomic E-state index is 0.0202. The Bertz CT molecular complexity index is 625. The lowest BCUT2D eigenvalue weighted by molar-refractivity contribution is 0.476. The van der Waals surface area contributed by atoms with Crippen molar-refractivity contribution in [2.75, 3.05) is 0 Å². The van der Waals surface area contributed by atoms with Crippen molar-refractivity contribution in [3.8, 4) is 0 Å². The lowest BCUT2D eigenvalue weighted by Crippen LogP contribution is -2.28. The van der Waals surface area contributed by atoms with Crippen molar-refractivity contribution in [2.45, 2.75) is 53.1 Å². The van der Waals surface area contributed by atoms with Gasteiger partial charge >= 0.3 is 0 Å². The summed E-state index contributed by atoms with van der Waals surface area (Å²) in [4.78, 5) is 21.6. The average Bonchev–Trinajstić information content (AvgIpc) is 2.66. The molecule has 19 heavy (non-hydrogen) atoms. The molecule has 0 fully saturated rings. The van der Waals surface area contributed by atoms with E-state index in [1.54, 1.807) is 11.3 Å². The van der Waals surface area contributed by atoms with E-state index in [0.717, 1.165) is 39.3 Å². The number of hydrogen-bond donors (Lipinski definition) is 2. The molecule has 104 valence electrons. The van der Waals surface area contributed by atoms with E-state index in [9.17, 15) is 4.79 Å². The third-order valence-electron chi connectivity index (χ3n) is 3.63. The van der Waals surface area contributed by atoms with Crippen LogP contribution < -0.4 is 10.9 Å². The highest BCUT2D eigenvalue weighted by Gasteiger charge is 2.12. The topological polar surface area (TPSA) is 57.8 Å². The van der Waals surface area contributed by atoms with Crippen molar-refractivity contribution >= 4 is 21.6 Å². The van der Waals surface area contributed by atoms with Gasteiger partial charge in [-0.1, -0.05) is 13.8 Å². The quantitative estimate of drug-likeness (QED) is 0.885. The fourth-order valence-corrected chi connectivity index (χ4v) is 3.25. The molecule has 0 spiro atoms. The number of aromatic amines is 1. The molecule has 0 radical (unpaired) electrons. The van der Waals surface area contributed by atoms with Crippen molar-refractivity contribution in [1.82, 2.24) is 15.3 Å². The molecule has 0 aliphatic carbocycles. The van der Waals surface area contributed by atoms with Crippen molar-refractivity contribution in [1.29, 1.82) is 0 Å². The van der Waals surface area contributed by atoms with Crippen LogP contribution in [0.2, 0.25) is 0 Å². The van der Waals surface area contributed by atoms with Gasteiger partial charge < -0.3 is 10.3 Å². The number of aryl methyl sites for hydroxylation is 2.